The van der Waals surface area contributed by atoms with Gasteiger partial charge in [-0.3, -0.25) is 9.78 Å². The molecule has 0 N–H and O–H groups in total. The fourth-order valence-electron chi connectivity index (χ4n) is 3.45. The van der Waals surface area contributed by atoms with E-state index in [1.54, 1.807) is 4.57 Å². The van der Waals surface area contributed by atoms with Gasteiger partial charge in [0.1, 0.15) is 5.52 Å². The lowest BCUT2D eigenvalue weighted by Gasteiger charge is -2.21. The molecule has 0 aliphatic heterocycles. The van der Waals surface area contributed by atoms with Crippen LogP contribution in [0.15, 0.2) is 18.5 Å². The minimum Gasteiger partial charge on any atom is -0.335 e. The van der Waals surface area contributed by atoms with Gasteiger partial charge in [0.2, 0.25) is 5.12 Å². The maximum atomic E-state index is 14.2. The molecule has 1 fully saturated rings. The van der Waals surface area contributed by atoms with E-state index >= 15 is 0 Å². The number of thioether (sulfide) groups is 1. The minimum absolute atomic E-state index is 0.0705. The van der Waals surface area contributed by atoms with E-state index < -0.39 is 0 Å². The van der Waals surface area contributed by atoms with Crippen molar-refractivity contribution in [2.24, 2.45) is 5.92 Å². The van der Waals surface area contributed by atoms with Gasteiger partial charge in [0.15, 0.2) is 5.82 Å². The van der Waals surface area contributed by atoms with Crippen molar-refractivity contribution >= 4 is 27.9 Å². The lowest BCUT2D eigenvalue weighted by Crippen LogP contribution is -2.13. The molecule has 2 aromatic rings. The zero-order chi connectivity index (χ0) is 18.0. The van der Waals surface area contributed by atoms with Gasteiger partial charge in [-0.25, -0.2) is 4.39 Å². The third-order valence-electron chi connectivity index (χ3n) is 5.33. The number of fused-ring (bicyclic) bond motifs is 1. The van der Waals surface area contributed by atoms with E-state index in [1.807, 2.05) is 12.3 Å². The van der Waals surface area contributed by atoms with Gasteiger partial charge in [-0.1, -0.05) is 51.8 Å². The van der Waals surface area contributed by atoms with Crippen LogP contribution in [0.3, 0.4) is 0 Å². The van der Waals surface area contributed by atoms with Gasteiger partial charge in [0, 0.05) is 17.6 Å². The normalized spacial score (nSPS) is 17.3. The van der Waals surface area contributed by atoms with Crippen molar-refractivity contribution in [1.82, 2.24) is 9.55 Å². The number of carbonyl (C=O) groups excluding carboxylic acids is 1. The highest BCUT2D eigenvalue weighted by atomic mass is 32.2. The van der Waals surface area contributed by atoms with Crippen molar-refractivity contribution in [2.45, 2.75) is 70.6 Å². The Kier molecular flexibility index (Phi) is 5.82. The van der Waals surface area contributed by atoms with E-state index in [0.717, 1.165) is 5.52 Å². The number of rotatable bonds is 5. The maximum absolute atomic E-state index is 14.2. The van der Waals surface area contributed by atoms with Gasteiger partial charge in [-0.2, -0.15) is 0 Å². The van der Waals surface area contributed by atoms with Crippen LogP contribution in [-0.4, -0.2) is 19.9 Å². The summed E-state index contributed by atoms with van der Waals surface area (Å²) < 4.78 is 15.9. The van der Waals surface area contributed by atoms with E-state index in [0.29, 0.717) is 17.4 Å². The van der Waals surface area contributed by atoms with Crippen molar-refractivity contribution in [3.8, 4) is 0 Å². The molecular weight excluding hydrogens is 335 g/mol. The number of carbonyl (C=O) groups is 1. The number of pyridine rings is 1. The molecule has 1 saturated carbocycles. The molecule has 0 unspecified atom stereocenters. The van der Waals surface area contributed by atoms with Gasteiger partial charge >= 0.3 is 0 Å². The molecule has 1 aliphatic carbocycles. The second-order valence-electron chi connectivity index (χ2n) is 7.52. The second-order valence-corrected chi connectivity index (χ2v) is 8.95. The summed E-state index contributed by atoms with van der Waals surface area (Å²) in [5.74, 6) is 0.606. The molecule has 25 heavy (non-hydrogen) atoms. The summed E-state index contributed by atoms with van der Waals surface area (Å²) in [5, 5.41) is 0.330. The molecule has 1 aliphatic rings. The molecule has 5 heteroatoms. The van der Waals surface area contributed by atoms with Gasteiger partial charge < -0.3 is 4.57 Å². The zero-order valence-corrected chi connectivity index (χ0v) is 16.1. The molecule has 3 rings (SSSR count). The van der Waals surface area contributed by atoms with Crippen LogP contribution in [0.2, 0.25) is 0 Å². The van der Waals surface area contributed by atoms with Crippen LogP contribution in [0.5, 0.6) is 0 Å². The number of nitrogens with zero attached hydrogens (tertiary/aromatic N) is 2. The Balaban J connectivity index is 1.83. The SMILES string of the molecule is CC(C)[C@@H](C)SC(=O)Cn1cc(F)c2ncc(C3CCCCC3)cc21. The molecule has 0 spiro atoms. The standard InChI is InChI=1S/C20H27FN2OS/c1-13(2)14(3)25-19(24)12-23-11-17(21)20-18(23)9-16(10-22-20)15-7-5-4-6-8-15/h9-11,13-15H,4-8,12H2,1-3H3/t14-/m1/s1. The molecular formula is C20H27FN2OS. The highest BCUT2D eigenvalue weighted by molar-refractivity contribution is 8.14. The Morgan fingerprint density at radius 1 is 1.32 bits per heavy atom. The molecule has 0 saturated heterocycles. The van der Waals surface area contributed by atoms with Crippen molar-refractivity contribution in [3.63, 3.8) is 0 Å². The summed E-state index contributed by atoms with van der Waals surface area (Å²) >= 11 is 1.35. The van der Waals surface area contributed by atoms with Crippen molar-refractivity contribution in [1.29, 1.82) is 0 Å². The van der Waals surface area contributed by atoms with Crippen molar-refractivity contribution in [3.05, 3.63) is 29.8 Å². The van der Waals surface area contributed by atoms with Gasteiger partial charge in [-0.15, -0.1) is 0 Å². The van der Waals surface area contributed by atoms with Crippen molar-refractivity contribution < 1.29 is 9.18 Å². The molecule has 0 bridgehead atoms. The number of hydrogen-bond donors (Lipinski definition) is 0. The Bertz CT molecular complexity index is 749. The predicted molar refractivity (Wildman–Crippen MR) is 102 cm³/mol. The summed E-state index contributed by atoms with van der Waals surface area (Å²) in [6.07, 6.45) is 9.40. The molecule has 0 radical (unpaired) electrons. The zero-order valence-electron chi connectivity index (χ0n) is 15.3. The van der Waals surface area contributed by atoms with Gasteiger partial charge in [0.05, 0.1) is 12.1 Å². The lowest BCUT2D eigenvalue weighted by molar-refractivity contribution is -0.111. The Labute approximate surface area is 153 Å². The van der Waals surface area contributed by atoms with E-state index in [-0.39, 0.29) is 22.7 Å². The first kappa shape index (κ1) is 18.4. The van der Waals surface area contributed by atoms with Crippen LogP contribution in [0.25, 0.3) is 11.0 Å². The number of halogens is 1. The molecule has 3 nitrogen and oxygen atoms in total. The first-order valence-corrected chi connectivity index (χ1v) is 10.2. The molecule has 0 aromatic carbocycles. The van der Waals surface area contributed by atoms with E-state index in [1.165, 1.54) is 55.6 Å². The topological polar surface area (TPSA) is 34.9 Å². The Morgan fingerprint density at radius 2 is 2.04 bits per heavy atom. The molecule has 2 heterocycles. The summed E-state index contributed by atoms with van der Waals surface area (Å²) in [4.78, 5) is 16.7. The first-order valence-electron chi connectivity index (χ1n) is 9.29. The molecule has 1 atom stereocenters. The highest BCUT2D eigenvalue weighted by Gasteiger charge is 2.20. The van der Waals surface area contributed by atoms with Gasteiger partial charge in [0.25, 0.3) is 0 Å². The molecule has 2 aromatic heterocycles. The predicted octanol–water partition coefficient (Wildman–Crippen LogP) is 5.53. The summed E-state index contributed by atoms with van der Waals surface area (Å²) in [5.41, 5.74) is 2.29. The van der Waals surface area contributed by atoms with E-state index in [4.69, 9.17) is 0 Å². The van der Waals surface area contributed by atoms with Gasteiger partial charge in [-0.05, 0) is 36.3 Å². The smallest absolute Gasteiger partial charge is 0.208 e. The molecule has 136 valence electrons. The number of aromatic nitrogens is 2. The van der Waals surface area contributed by atoms with Crippen LogP contribution in [0.4, 0.5) is 4.39 Å². The maximum Gasteiger partial charge on any atom is 0.208 e. The largest absolute Gasteiger partial charge is 0.335 e. The number of hydrogen-bond acceptors (Lipinski definition) is 3. The average molecular weight is 363 g/mol. The quantitative estimate of drug-likeness (QED) is 0.702. The fourth-order valence-corrected chi connectivity index (χ4v) is 4.35. The highest BCUT2D eigenvalue weighted by Crippen LogP contribution is 2.34. The Hall–Kier alpha value is -1.36. The fraction of sp³-hybridized carbons (Fsp3) is 0.600. The van der Waals surface area contributed by atoms with Crippen molar-refractivity contribution in [2.75, 3.05) is 0 Å². The minimum atomic E-state index is -0.347. The van der Waals surface area contributed by atoms with Crippen LogP contribution in [-0.2, 0) is 11.3 Å². The first-order chi connectivity index (χ1) is 12.0. The molecule has 0 amide bonds. The summed E-state index contributed by atoms with van der Waals surface area (Å²) in [6, 6.07) is 2.05. The van der Waals surface area contributed by atoms with E-state index in [2.05, 4.69) is 25.8 Å². The average Bonchev–Trinajstić information content (AvgIpc) is 2.90. The third kappa shape index (κ3) is 4.25. The summed E-state index contributed by atoms with van der Waals surface area (Å²) in [7, 11) is 0. The van der Waals surface area contributed by atoms with Crippen LogP contribution in [0, 0.1) is 11.7 Å². The third-order valence-corrected chi connectivity index (χ3v) is 6.63. The second kappa shape index (κ2) is 7.90. The van der Waals surface area contributed by atoms with E-state index in [9.17, 15) is 9.18 Å². The van der Waals surface area contributed by atoms with Crippen LogP contribution in [0.1, 0.15) is 64.4 Å². The van der Waals surface area contributed by atoms with Crippen LogP contribution < -0.4 is 0 Å². The monoisotopic (exact) mass is 362 g/mol. The Morgan fingerprint density at radius 3 is 2.72 bits per heavy atom. The van der Waals surface area contributed by atoms with Crippen LogP contribution >= 0.6 is 11.8 Å². The lowest BCUT2D eigenvalue weighted by atomic mass is 9.85. The summed E-state index contributed by atoms with van der Waals surface area (Å²) in [6.45, 7) is 6.47.